The summed E-state index contributed by atoms with van der Waals surface area (Å²) in [6, 6.07) is 25.2. The third kappa shape index (κ3) is 4.37. The van der Waals surface area contributed by atoms with E-state index >= 15 is 0 Å². The minimum Gasteiger partial charge on any atom is -0.497 e. The van der Waals surface area contributed by atoms with Crippen LogP contribution in [0.25, 0.3) is 22.0 Å². The van der Waals surface area contributed by atoms with Crippen LogP contribution in [0.3, 0.4) is 0 Å². The van der Waals surface area contributed by atoms with Crippen LogP contribution < -0.4 is 15.2 Å². The molecule has 1 amide bonds. The van der Waals surface area contributed by atoms with E-state index in [1.807, 2.05) is 66.7 Å². The lowest BCUT2D eigenvalue weighted by atomic mass is 10.0. The van der Waals surface area contributed by atoms with Crippen molar-refractivity contribution in [3.63, 3.8) is 0 Å². The SMILES string of the molecule is COc1ccc(N2CCN(C(=O)Cn3nc(-c4cccc5ccccc45)ccc3=O)CC2)cc1. The molecular formula is C27H26N4O3. The van der Waals surface area contributed by atoms with Crippen molar-refractivity contribution in [2.24, 2.45) is 0 Å². The van der Waals surface area contributed by atoms with Crippen LogP contribution in [0.5, 0.6) is 5.75 Å². The van der Waals surface area contributed by atoms with Crippen molar-refractivity contribution in [3.05, 3.63) is 89.2 Å². The van der Waals surface area contributed by atoms with Crippen molar-refractivity contribution >= 4 is 22.4 Å². The average Bonchev–Trinajstić information content (AvgIpc) is 2.90. The normalized spacial score (nSPS) is 13.8. The number of aromatic nitrogens is 2. The number of piperazine rings is 1. The van der Waals surface area contributed by atoms with Gasteiger partial charge < -0.3 is 14.5 Å². The first-order valence-corrected chi connectivity index (χ1v) is 11.4. The predicted molar refractivity (Wildman–Crippen MR) is 133 cm³/mol. The zero-order chi connectivity index (χ0) is 23.5. The Kier molecular flexibility index (Phi) is 5.99. The molecule has 1 aromatic heterocycles. The highest BCUT2D eigenvalue weighted by atomic mass is 16.5. The fraction of sp³-hybridized carbons (Fsp3) is 0.222. The highest BCUT2D eigenvalue weighted by Crippen LogP contribution is 2.26. The van der Waals surface area contributed by atoms with E-state index < -0.39 is 0 Å². The molecule has 0 saturated carbocycles. The monoisotopic (exact) mass is 454 g/mol. The van der Waals surface area contributed by atoms with Gasteiger partial charge in [0.25, 0.3) is 5.56 Å². The summed E-state index contributed by atoms with van der Waals surface area (Å²) in [4.78, 5) is 29.5. The Labute approximate surface area is 197 Å². The number of anilines is 1. The molecule has 1 aliphatic rings. The van der Waals surface area contributed by atoms with Crippen LogP contribution in [-0.4, -0.2) is 53.9 Å². The number of amides is 1. The molecule has 0 spiro atoms. The van der Waals surface area contributed by atoms with Crippen LogP contribution in [-0.2, 0) is 11.3 Å². The molecule has 0 radical (unpaired) electrons. The summed E-state index contributed by atoms with van der Waals surface area (Å²) < 4.78 is 6.50. The van der Waals surface area contributed by atoms with Crippen molar-refractivity contribution in [1.29, 1.82) is 0 Å². The summed E-state index contributed by atoms with van der Waals surface area (Å²) in [5.41, 5.74) is 2.43. The molecule has 4 aromatic rings. The summed E-state index contributed by atoms with van der Waals surface area (Å²) in [6.07, 6.45) is 0. The van der Waals surface area contributed by atoms with E-state index in [0.29, 0.717) is 18.8 Å². The molecule has 5 rings (SSSR count). The Hall–Kier alpha value is -4.13. The van der Waals surface area contributed by atoms with Crippen molar-refractivity contribution in [3.8, 4) is 17.0 Å². The van der Waals surface area contributed by atoms with Crippen LogP contribution in [0.15, 0.2) is 83.7 Å². The summed E-state index contributed by atoms with van der Waals surface area (Å²) in [6.45, 7) is 2.60. The van der Waals surface area contributed by atoms with E-state index in [2.05, 4.69) is 10.00 Å². The predicted octanol–water partition coefficient (Wildman–Crippen LogP) is 3.42. The minimum atomic E-state index is -0.283. The summed E-state index contributed by atoms with van der Waals surface area (Å²) in [5, 5.41) is 6.70. The smallest absolute Gasteiger partial charge is 0.267 e. The molecule has 34 heavy (non-hydrogen) atoms. The molecule has 2 heterocycles. The first-order valence-electron chi connectivity index (χ1n) is 11.4. The van der Waals surface area contributed by atoms with Crippen LogP contribution in [0.1, 0.15) is 0 Å². The average molecular weight is 455 g/mol. The number of rotatable bonds is 5. The summed E-state index contributed by atoms with van der Waals surface area (Å²) in [7, 11) is 1.65. The van der Waals surface area contributed by atoms with Gasteiger partial charge in [0.05, 0.1) is 12.8 Å². The van der Waals surface area contributed by atoms with Gasteiger partial charge in [0, 0.05) is 43.5 Å². The summed E-state index contributed by atoms with van der Waals surface area (Å²) >= 11 is 0. The van der Waals surface area contributed by atoms with Gasteiger partial charge in [0.15, 0.2) is 0 Å². The van der Waals surface area contributed by atoms with E-state index in [1.165, 1.54) is 10.7 Å². The highest BCUT2D eigenvalue weighted by Gasteiger charge is 2.22. The minimum absolute atomic E-state index is 0.0695. The molecule has 1 aliphatic heterocycles. The maximum absolute atomic E-state index is 13.0. The quantitative estimate of drug-likeness (QED) is 0.462. The second-order valence-electron chi connectivity index (χ2n) is 8.31. The Morgan fingerprint density at radius 2 is 1.62 bits per heavy atom. The van der Waals surface area contributed by atoms with Crippen LogP contribution in [0.2, 0.25) is 0 Å². The standard InChI is InChI=1S/C27H26N4O3/c1-34-22-11-9-21(10-12-22)29-15-17-30(18-16-29)27(33)19-31-26(32)14-13-25(28-31)24-8-4-6-20-5-2-3-7-23(20)24/h2-14H,15-19H2,1H3. The highest BCUT2D eigenvalue weighted by molar-refractivity contribution is 5.95. The fourth-order valence-electron chi connectivity index (χ4n) is 4.39. The van der Waals surface area contributed by atoms with Gasteiger partial charge in [-0.2, -0.15) is 5.10 Å². The lowest BCUT2D eigenvalue weighted by molar-refractivity contribution is -0.132. The molecular weight excluding hydrogens is 428 g/mol. The van der Waals surface area contributed by atoms with Crippen molar-refractivity contribution in [2.45, 2.75) is 6.54 Å². The van der Waals surface area contributed by atoms with Crippen LogP contribution >= 0.6 is 0 Å². The van der Waals surface area contributed by atoms with E-state index in [9.17, 15) is 9.59 Å². The Morgan fingerprint density at radius 1 is 0.882 bits per heavy atom. The fourth-order valence-corrected chi connectivity index (χ4v) is 4.39. The third-order valence-corrected chi connectivity index (χ3v) is 6.29. The van der Waals surface area contributed by atoms with Gasteiger partial charge in [-0.3, -0.25) is 9.59 Å². The first kappa shape index (κ1) is 21.7. The third-order valence-electron chi connectivity index (χ3n) is 6.29. The molecule has 7 nitrogen and oxygen atoms in total. The molecule has 0 N–H and O–H groups in total. The van der Waals surface area contributed by atoms with Crippen molar-refractivity contribution in [2.75, 3.05) is 38.2 Å². The topological polar surface area (TPSA) is 67.7 Å². The van der Waals surface area contributed by atoms with Crippen molar-refractivity contribution in [1.82, 2.24) is 14.7 Å². The Balaban J connectivity index is 1.29. The molecule has 1 fully saturated rings. The van der Waals surface area contributed by atoms with E-state index in [0.717, 1.165) is 40.9 Å². The van der Waals surface area contributed by atoms with Gasteiger partial charge in [0.1, 0.15) is 12.3 Å². The van der Waals surface area contributed by atoms with E-state index in [4.69, 9.17) is 4.74 Å². The number of carbonyl (C=O) groups excluding carboxylic acids is 1. The largest absolute Gasteiger partial charge is 0.497 e. The second-order valence-corrected chi connectivity index (χ2v) is 8.31. The zero-order valence-electron chi connectivity index (χ0n) is 19.1. The second kappa shape index (κ2) is 9.39. The number of methoxy groups -OCH3 is 1. The Morgan fingerprint density at radius 3 is 2.38 bits per heavy atom. The molecule has 0 aliphatic carbocycles. The summed E-state index contributed by atoms with van der Waals surface area (Å²) in [5.74, 6) is 0.722. The van der Waals surface area contributed by atoms with Gasteiger partial charge in [-0.1, -0.05) is 42.5 Å². The first-order chi connectivity index (χ1) is 16.6. The number of fused-ring (bicyclic) bond motifs is 1. The molecule has 0 unspecified atom stereocenters. The zero-order valence-corrected chi connectivity index (χ0v) is 19.1. The maximum atomic E-state index is 13.0. The number of benzene rings is 3. The van der Waals surface area contributed by atoms with Gasteiger partial charge >= 0.3 is 0 Å². The lowest BCUT2D eigenvalue weighted by Gasteiger charge is -2.36. The van der Waals surface area contributed by atoms with E-state index in [1.54, 1.807) is 18.1 Å². The van der Waals surface area contributed by atoms with Crippen LogP contribution in [0, 0.1) is 0 Å². The van der Waals surface area contributed by atoms with Crippen molar-refractivity contribution < 1.29 is 9.53 Å². The number of carbonyl (C=O) groups is 1. The number of hydrogen-bond acceptors (Lipinski definition) is 5. The maximum Gasteiger partial charge on any atom is 0.267 e. The molecule has 172 valence electrons. The molecule has 0 atom stereocenters. The number of ether oxygens (including phenoxy) is 1. The Bertz CT molecular complexity index is 1370. The van der Waals surface area contributed by atoms with Gasteiger partial charge in [-0.25, -0.2) is 4.68 Å². The molecule has 7 heteroatoms. The molecule has 0 bridgehead atoms. The van der Waals surface area contributed by atoms with Gasteiger partial charge in [-0.05, 0) is 41.1 Å². The lowest BCUT2D eigenvalue weighted by Crippen LogP contribution is -2.50. The van der Waals surface area contributed by atoms with Gasteiger partial charge in [-0.15, -0.1) is 0 Å². The van der Waals surface area contributed by atoms with E-state index in [-0.39, 0.29) is 18.0 Å². The number of hydrogen-bond donors (Lipinski definition) is 0. The van der Waals surface area contributed by atoms with Crippen LogP contribution in [0.4, 0.5) is 5.69 Å². The molecule has 1 saturated heterocycles. The van der Waals surface area contributed by atoms with Gasteiger partial charge in [0.2, 0.25) is 5.91 Å². The number of nitrogens with zero attached hydrogens (tertiary/aromatic N) is 4. The molecule has 3 aromatic carbocycles.